The summed E-state index contributed by atoms with van der Waals surface area (Å²) in [5.41, 5.74) is 0. The molecule has 11 heavy (non-hydrogen) atoms. The van der Waals surface area contributed by atoms with Crippen molar-refractivity contribution in [2.75, 3.05) is 0 Å². The minimum absolute atomic E-state index is 0. The maximum atomic E-state index is 0. The van der Waals surface area contributed by atoms with Crippen molar-refractivity contribution in [3.63, 3.8) is 0 Å². The summed E-state index contributed by atoms with van der Waals surface area (Å²) < 4.78 is 0. The van der Waals surface area contributed by atoms with Crippen LogP contribution < -0.4 is 0 Å². The van der Waals surface area contributed by atoms with E-state index in [2.05, 4.69) is 0 Å². The van der Waals surface area contributed by atoms with Gasteiger partial charge in [0.1, 0.15) is 0 Å². The SMILES string of the molecule is [Co+2].[Co+2].[O-2].[O-2].[O-2].[O-2].[O-2].[O-2].[O-2].[V].[V]. The molecular formula is Co2O7V2-10. The standard InChI is InChI=1S/2Co.7O.2V/q2*+2;7*-2;;. The second-order valence-corrected chi connectivity index (χ2v) is 0. The topological polar surface area (TPSA) is 200 Å². The third kappa shape index (κ3) is 323. The van der Waals surface area contributed by atoms with Crippen LogP contribution in [-0.2, 0) is 109 Å². The maximum Gasteiger partial charge on any atom is 2.00 e. The van der Waals surface area contributed by atoms with Gasteiger partial charge in [0, 0.05) is 37.1 Å². The molecule has 0 aromatic rings. The van der Waals surface area contributed by atoms with Crippen molar-refractivity contribution in [3.8, 4) is 0 Å². The Labute approximate surface area is 108 Å². The predicted molar refractivity (Wildman–Crippen MR) is 4.81 cm³/mol. The zero-order valence-electron chi connectivity index (χ0n) is 4.42. The van der Waals surface area contributed by atoms with Crippen LogP contribution in [0.1, 0.15) is 0 Å². The normalized spacial score (nSPS) is 0. The molecule has 0 aromatic heterocycles. The van der Waals surface area contributed by atoms with Gasteiger partial charge in [-0.25, -0.2) is 0 Å². The van der Waals surface area contributed by atoms with Gasteiger partial charge >= 0.3 is 33.6 Å². The van der Waals surface area contributed by atoms with Crippen molar-refractivity contribution in [2.24, 2.45) is 0 Å². The molecule has 11 heteroatoms. The van der Waals surface area contributed by atoms with Crippen LogP contribution in [0, 0.1) is 0 Å². The van der Waals surface area contributed by atoms with E-state index >= 15 is 0 Å². The Hall–Kier alpha value is 1.90. The molecule has 80 valence electrons. The quantitative estimate of drug-likeness (QED) is 0.533. The van der Waals surface area contributed by atoms with Gasteiger partial charge in [0.25, 0.3) is 0 Å². The van der Waals surface area contributed by atoms with Gasteiger partial charge in [0.05, 0.1) is 0 Å². The first-order chi connectivity index (χ1) is 0. The molecule has 0 aliphatic carbocycles. The van der Waals surface area contributed by atoms with E-state index in [1.165, 1.54) is 0 Å². The van der Waals surface area contributed by atoms with Gasteiger partial charge in [0.2, 0.25) is 0 Å². The monoisotopic (exact) mass is 332 g/mol. The Morgan fingerprint density at radius 3 is 0.273 bits per heavy atom. The van der Waals surface area contributed by atoms with Crippen molar-refractivity contribution in [3.05, 3.63) is 0 Å². The molecule has 4 radical (unpaired) electrons. The Morgan fingerprint density at radius 2 is 0.273 bits per heavy atom. The molecule has 0 heterocycles. The molecule has 0 unspecified atom stereocenters. The second-order valence-electron chi connectivity index (χ2n) is 0. The van der Waals surface area contributed by atoms with Gasteiger partial charge in [-0.2, -0.15) is 0 Å². The van der Waals surface area contributed by atoms with Crippen LogP contribution in [0.4, 0.5) is 0 Å². The maximum absolute atomic E-state index is 0. The van der Waals surface area contributed by atoms with Crippen LogP contribution in [0.25, 0.3) is 0 Å². The first-order valence-corrected chi connectivity index (χ1v) is 0. The Morgan fingerprint density at radius 1 is 0.273 bits per heavy atom. The molecule has 0 aliphatic heterocycles. The minimum Gasteiger partial charge on any atom is -2.00 e. The summed E-state index contributed by atoms with van der Waals surface area (Å²) in [7, 11) is 0. The van der Waals surface area contributed by atoms with Crippen molar-refractivity contribution >= 4 is 0 Å². The van der Waals surface area contributed by atoms with Gasteiger partial charge in [-0.1, -0.05) is 0 Å². The average molecular weight is 332 g/mol. The van der Waals surface area contributed by atoms with Crippen molar-refractivity contribution < 1.29 is 109 Å². The summed E-state index contributed by atoms with van der Waals surface area (Å²) in [4.78, 5) is 0. The summed E-state index contributed by atoms with van der Waals surface area (Å²) in [5, 5.41) is 0. The Bertz CT molecular complexity index is 14.4. The summed E-state index contributed by atoms with van der Waals surface area (Å²) in [5.74, 6) is 0. The summed E-state index contributed by atoms with van der Waals surface area (Å²) in [6.07, 6.45) is 0. The van der Waals surface area contributed by atoms with E-state index in [4.69, 9.17) is 0 Å². The van der Waals surface area contributed by atoms with Crippen molar-refractivity contribution in [2.45, 2.75) is 0 Å². The molecule has 0 N–H and O–H groups in total. The minimum atomic E-state index is 0. The first kappa shape index (κ1) is 505. The average Bonchev–Trinajstić information content (AvgIpc) is 0. The van der Waals surface area contributed by atoms with Crippen LogP contribution in [0.3, 0.4) is 0 Å². The predicted octanol–water partition coefficient (Wildman–Crippen LogP) is -0.842. The Kier molecular flexibility index (Phi) is 18000. The van der Waals surface area contributed by atoms with E-state index in [0.717, 1.165) is 0 Å². The fourth-order valence-electron chi connectivity index (χ4n) is 0. The number of hydrogen-bond donors (Lipinski definition) is 0. The van der Waals surface area contributed by atoms with Crippen LogP contribution in [-0.4, -0.2) is 0 Å². The molecule has 0 saturated heterocycles. The van der Waals surface area contributed by atoms with E-state index in [0.29, 0.717) is 0 Å². The largest absolute Gasteiger partial charge is 2.00 e. The summed E-state index contributed by atoms with van der Waals surface area (Å²) >= 11 is 0. The van der Waals surface area contributed by atoms with E-state index in [-0.39, 0.29) is 109 Å². The third-order valence-electron chi connectivity index (χ3n) is 0. The molecule has 0 spiro atoms. The summed E-state index contributed by atoms with van der Waals surface area (Å²) in [6, 6.07) is 0. The van der Waals surface area contributed by atoms with Crippen LogP contribution in [0.2, 0.25) is 0 Å². The molecule has 0 fully saturated rings. The van der Waals surface area contributed by atoms with Gasteiger partial charge in [-0.3, -0.25) is 0 Å². The molecule has 0 aromatic carbocycles. The van der Waals surface area contributed by atoms with Crippen LogP contribution >= 0.6 is 0 Å². The van der Waals surface area contributed by atoms with Gasteiger partial charge in [-0.05, 0) is 0 Å². The van der Waals surface area contributed by atoms with E-state index in [1.54, 1.807) is 0 Å². The van der Waals surface area contributed by atoms with Crippen LogP contribution in [0.5, 0.6) is 0 Å². The molecule has 0 bridgehead atoms. The fraction of sp³-hybridized carbons (Fsp3) is 0. The first-order valence-electron chi connectivity index (χ1n) is 0. The Balaban J connectivity index is 0. The van der Waals surface area contributed by atoms with Gasteiger partial charge in [-0.15, -0.1) is 0 Å². The zero-order chi connectivity index (χ0) is 0. The summed E-state index contributed by atoms with van der Waals surface area (Å²) in [6.45, 7) is 0. The smallest absolute Gasteiger partial charge is 2.00 e. The molecular weight excluding hydrogens is 332 g/mol. The zero-order valence-corrected chi connectivity index (χ0v) is 9.29. The molecule has 0 saturated carbocycles. The number of rotatable bonds is 0. The molecule has 0 atom stereocenters. The van der Waals surface area contributed by atoms with Gasteiger partial charge < -0.3 is 38.3 Å². The van der Waals surface area contributed by atoms with E-state index in [9.17, 15) is 0 Å². The molecule has 0 aliphatic rings. The molecule has 7 nitrogen and oxygen atoms in total. The number of hydrogen-bond acceptors (Lipinski definition) is 0. The van der Waals surface area contributed by atoms with Crippen LogP contribution in [0.15, 0.2) is 0 Å². The van der Waals surface area contributed by atoms with E-state index < -0.39 is 0 Å². The van der Waals surface area contributed by atoms with Crippen molar-refractivity contribution in [1.29, 1.82) is 0 Å². The fourth-order valence-corrected chi connectivity index (χ4v) is 0. The van der Waals surface area contributed by atoms with Crippen molar-refractivity contribution in [1.82, 2.24) is 0 Å². The second kappa shape index (κ2) is 391. The molecule has 0 amide bonds. The van der Waals surface area contributed by atoms with E-state index in [1.807, 2.05) is 0 Å². The third-order valence-corrected chi connectivity index (χ3v) is 0. The van der Waals surface area contributed by atoms with Gasteiger partial charge in [0.15, 0.2) is 0 Å². The molecule has 0 rings (SSSR count).